The van der Waals surface area contributed by atoms with E-state index in [0.717, 1.165) is 29.2 Å². The van der Waals surface area contributed by atoms with E-state index in [9.17, 15) is 4.39 Å². The molecule has 0 saturated heterocycles. The molecular formula is C15H18FNO. The third-order valence-electron chi connectivity index (χ3n) is 5.29. The van der Waals surface area contributed by atoms with Crippen molar-refractivity contribution in [2.75, 3.05) is 0 Å². The zero-order valence-electron chi connectivity index (χ0n) is 10.3. The number of nitrogens with one attached hydrogen (secondary N) is 1. The average molecular weight is 247 g/mol. The predicted octanol–water partition coefficient (Wildman–Crippen LogP) is 2.67. The summed E-state index contributed by atoms with van der Waals surface area (Å²) in [5.41, 5.74) is 0.919. The van der Waals surface area contributed by atoms with E-state index in [0.29, 0.717) is 12.6 Å². The van der Waals surface area contributed by atoms with Crippen molar-refractivity contribution < 1.29 is 9.50 Å². The van der Waals surface area contributed by atoms with Crippen LogP contribution < -0.4 is 5.32 Å². The van der Waals surface area contributed by atoms with Crippen molar-refractivity contribution in [1.82, 2.24) is 5.32 Å². The molecule has 2 N–H and O–H groups in total. The number of hydrogen-bond acceptors (Lipinski definition) is 2. The largest absolute Gasteiger partial charge is 0.505 e. The van der Waals surface area contributed by atoms with Gasteiger partial charge in [0.05, 0.1) is 0 Å². The topological polar surface area (TPSA) is 32.3 Å². The Hall–Kier alpha value is -1.09. The standard InChI is InChI=1S/C15H18FNO/c16-11-5-8(1-4-12(11)18)7-17-15-13-9-2-3-10(6-9)14(13)15/h1,4-5,9-10,13-15,17-18H,2-3,6-7H2. The number of hydrogen-bond donors (Lipinski definition) is 2. The fraction of sp³-hybridized carbons (Fsp3) is 0.600. The lowest BCUT2D eigenvalue weighted by molar-refractivity contribution is 0.430. The molecule has 3 aliphatic carbocycles. The molecule has 96 valence electrons. The van der Waals surface area contributed by atoms with Crippen LogP contribution in [0.25, 0.3) is 0 Å². The summed E-state index contributed by atoms with van der Waals surface area (Å²) in [6, 6.07) is 5.32. The van der Waals surface area contributed by atoms with Crippen molar-refractivity contribution in [1.29, 1.82) is 0 Å². The molecule has 3 saturated carbocycles. The molecule has 1 aromatic carbocycles. The Balaban J connectivity index is 1.39. The van der Waals surface area contributed by atoms with Gasteiger partial charge in [-0.15, -0.1) is 0 Å². The van der Waals surface area contributed by atoms with Crippen LogP contribution >= 0.6 is 0 Å². The molecule has 0 radical (unpaired) electrons. The number of halogens is 1. The zero-order valence-corrected chi connectivity index (χ0v) is 10.3. The molecule has 0 spiro atoms. The number of rotatable bonds is 3. The summed E-state index contributed by atoms with van der Waals surface area (Å²) < 4.78 is 13.2. The number of benzene rings is 1. The second kappa shape index (κ2) is 3.70. The van der Waals surface area contributed by atoms with Crippen molar-refractivity contribution in [3.05, 3.63) is 29.6 Å². The Morgan fingerprint density at radius 1 is 1.22 bits per heavy atom. The van der Waals surface area contributed by atoms with Gasteiger partial charge in [0.25, 0.3) is 0 Å². The lowest BCUT2D eigenvalue weighted by atomic mass is 10.0. The van der Waals surface area contributed by atoms with Gasteiger partial charge < -0.3 is 10.4 Å². The van der Waals surface area contributed by atoms with Gasteiger partial charge in [0, 0.05) is 12.6 Å². The van der Waals surface area contributed by atoms with E-state index in [1.807, 2.05) is 0 Å². The number of phenols is 1. The van der Waals surface area contributed by atoms with Crippen LogP contribution in [0, 0.1) is 29.5 Å². The number of phenolic OH excluding ortho intramolecular Hbond substituents is 1. The lowest BCUT2D eigenvalue weighted by Gasteiger charge is -2.10. The highest BCUT2D eigenvalue weighted by atomic mass is 19.1. The molecule has 3 heteroatoms. The molecular weight excluding hydrogens is 229 g/mol. The van der Waals surface area contributed by atoms with Crippen LogP contribution in [-0.2, 0) is 6.54 Å². The highest BCUT2D eigenvalue weighted by Crippen LogP contribution is 2.65. The molecule has 0 aliphatic heterocycles. The summed E-state index contributed by atoms with van der Waals surface area (Å²) in [5.74, 6) is 2.96. The quantitative estimate of drug-likeness (QED) is 0.860. The van der Waals surface area contributed by atoms with Crippen molar-refractivity contribution in [3.63, 3.8) is 0 Å². The third kappa shape index (κ3) is 1.50. The Labute approximate surface area is 106 Å². The Kier molecular flexibility index (Phi) is 2.22. The van der Waals surface area contributed by atoms with Gasteiger partial charge in [0.1, 0.15) is 0 Å². The molecule has 4 atom stereocenters. The lowest BCUT2D eigenvalue weighted by Crippen LogP contribution is -2.22. The van der Waals surface area contributed by atoms with Crippen LogP contribution in [0.4, 0.5) is 4.39 Å². The summed E-state index contributed by atoms with van der Waals surface area (Å²) in [7, 11) is 0. The van der Waals surface area contributed by atoms with E-state index in [1.54, 1.807) is 6.07 Å². The monoisotopic (exact) mass is 247 g/mol. The molecule has 0 heterocycles. The smallest absolute Gasteiger partial charge is 0.165 e. The van der Waals surface area contributed by atoms with Gasteiger partial charge >= 0.3 is 0 Å². The van der Waals surface area contributed by atoms with Crippen molar-refractivity contribution >= 4 is 0 Å². The SMILES string of the molecule is Oc1ccc(CNC2C3C4CCC(C4)C23)cc1F. The summed E-state index contributed by atoms with van der Waals surface area (Å²) in [6.07, 6.45) is 4.32. The number of fused-ring (bicyclic) bond motifs is 5. The van der Waals surface area contributed by atoms with E-state index in [1.165, 1.54) is 31.4 Å². The minimum atomic E-state index is -0.523. The van der Waals surface area contributed by atoms with Crippen LogP contribution in [-0.4, -0.2) is 11.1 Å². The summed E-state index contributed by atoms with van der Waals surface area (Å²) in [5, 5.41) is 12.7. The van der Waals surface area contributed by atoms with Crippen LogP contribution in [0.5, 0.6) is 5.75 Å². The predicted molar refractivity (Wildman–Crippen MR) is 66.5 cm³/mol. The molecule has 4 unspecified atom stereocenters. The molecule has 2 bridgehead atoms. The van der Waals surface area contributed by atoms with Gasteiger partial charge in [-0.05, 0) is 60.6 Å². The van der Waals surface area contributed by atoms with Gasteiger partial charge in [-0.3, -0.25) is 0 Å². The first kappa shape index (κ1) is 10.8. The van der Waals surface area contributed by atoms with Crippen molar-refractivity contribution in [2.24, 2.45) is 23.7 Å². The molecule has 0 amide bonds. The van der Waals surface area contributed by atoms with Crippen LogP contribution in [0.3, 0.4) is 0 Å². The molecule has 2 nitrogen and oxygen atoms in total. The number of aromatic hydroxyl groups is 1. The first-order chi connectivity index (χ1) is 8.74. The van der Waals surface area contributed by atoms with Crippen LogP contribution in [0.15, 0.2) is 18.2 Å². The van der Waals surface area contributed by atoms with E-state index in [2.05, 4.69) is 5.32 Å². The van der Waals surface area contributed by atoms with Crippen molar-refractivity contribution in [2.45, 2.75) is 31.8 Å². The minimum absolute atomic E-state index is 0.264. The van der Waals surface area contributed by atoms with E-state index < -0.39 is 5.82 Å². The van der Waals surface area contributed by atoms with E-state index >= 15 is 0 Å². The third-order valence-corrected chi connectivity index (χ3v) is 5.29. The fourth-order valence-corrected chi connectivity index (χ4v) is 4.49. The van der Waals surface area contributed by atoms with Gasteiger partial charge in [-0.1, -0.05) is 6.07 Å². The van der Waals surface area contributed by atoms with Crippen LogP contribution in [0.1, 0.15) is 24.8 Å². The minimum Gasteiger partial charge on any atom is -0.505 e. The maximum atomic E-state index is 13.2. The molecule has 18 heavy (non-hydrogen) atoms. The normalized spacial score (nSPS) is 39.9. The van der Waals surface area contributed by atoms with Gasteiger partial charge in [-0.25, -0.2) is 4.39 Å². The first-order valence-electron chi connectivity index (χ1n) is 6.95. The first-order valence-corrected chi connectivity index (χ1v) is 6.95. The van der Waals surface area contributed by atoms with Crippen molar-refractivity contribution in [3.8, 4) is 5.75 Å². The van der Waals surface area contributed by atoms with E-state index in [-0.39, 0.29) is 5.75 Å². The fourth-order valence-electron chi connectivity index (χ4n) is 4.49. The highest BCUT2D eigenvalue weighted by Gasteiger charge is 2.64. The van der Waals surface area contributed by atoms with Crippen LogP contribution in [0.2, 0.25) is 0 Å². The van der Waals surface area contributed by atoms with Gasteiger partial charge in [0.2, 0.25) is 0 Å². The Bertz CT molecular complexity index is 473. The Morgan fingerprint density at radius 3 is 2.61 bits per heavy atom. The summed E-state index contributed by atoms with van der Waals surface area (Å²) >= 11 is 0. The van der Waals surface area contributed by atoms with E-state index in [4.69, 9.17) is 5.11 Å². The summed E-state index contributed by atoms with van der Waals surface area (Å²) in [4.78, 5) is 0. The Morgan fingerprint density at radius 2 is 1.94 bits per heavy atom. The highest BCUT2D eigenvalue weighted by molar-refractivity contribution is 5.28. The van der Waals surface area contributed by atoms with Gasteiger partial charge in [-0.2, -0.15) is 0 Å². The molecule has 3 fully saturated rings. The maximum absolute atomic E-state index is 13.2. The second-order valence-corrected chi connectivity index (χ2v) is 6.18. The second-order valence-electron chi connectivity index (χ2n) is 6.18. The molecule has 0 aromatic heterocycles. The zero-order chi connectivity index (χ0) is 12.3. The molecule has 3 aliphatic rings. The maximum Gasteiger partial charge on any atom is 0.165 e. The summed E-state index contributed by atoms with van der Waals surface area (Å²) in [6.45, 7) is 0.717. The molecule has 1 aromatic rings. The molecule has 4 rings (SSSR count). The van der Waals surface area contributed by atoms with Gasteiger partial charge in [0.15, 0.2) is 11.6 Å². The average Bonchev–Trinajstić information content (AvgIpc) is 2.76.